The first-order valence-corrected chi connectivity index (χ1v) is 6.07. The molecule has 1 aromatic rings. The molecule has 0 spiro atoms. The van der Waals surface area contributed by atoms with Crippen molar-refractivity contribution in [3.63, 3.8) is 0 Å². The van der Waals surface area contributed by atoms with Crippen LogP contribution in [0, 0.1) is 0 Å². The Morgan fingerprint density at radius 3 is 2.72 bits per heavy atom. The van der Waals surface area contributed by atoms with Crippen molar-refractivity contribution in [2.24, 2.45) is 5.73 Å². The van der Waals surface area contributed by atoms with E-state index in [0.717, 1.165) is 18.4 Å². The number of carbonyl (C=O) groups is 1. The number of aliphatic carboxylic acids is 1. The molecule has 0 unspecified atom stereocenters. The van der Waals surface area contributed by atoms with Crippen LogP contribution in [-0.4, -0.2) is 23.7 Å². The maximum atomic E-state index is 10.5. The molecular weight excluding hydrogens is 232 g/mol. The number of carboxylic acids is 1. The predicted octanol–water partition coefficient (Wildman–Crippen LogP) is 1.29. The van der Waals surface area contributed by atoms with E-state index in [0.29, 0.717) is 19.6 Å². The lowest BCUT2D eigenvalue weighted by atomic mass is 10.1. The highest BCUT2D eigenvalue weighted by Crippen LogP contribution is 2.00. The van der Waals surface area contributed by atoms with Crippen LogP contribution in [0.25, 0.3) is 0 Å². The highest BCUT2D eigenvalue weighted by Gasteiger charge is 2.09. The Balaban J connectivity index is 1.95. The van der Waals surface area contributed by atoms with E-state index in [9.17, 15) is 4.79 Å². The maximum Gasteiger partial charge on any atom is 0.320 e. The van der Waals surface area contributed by atoms with Crippen molar-refractivity contribution in [1.29, 1.82) is 0 Å². The number of nitrogens with one attached hydrogen (secondary N) is 1. The summed E-state index contributed by atoms with van der Waals surface area (Å²) < 4.78 is 0. The molecule has 100 valence electrons. The van der Waals surface area contributed by atoms with Gasteiger partial charge in [-0.2, -0.15) is 0 Å². The van der Waals surface area contributed by atoms with Crippen LogP contribution in [-0.2, 0) is 16.2 Å². The third-order valence-corrected chi connectivity index (χ3v) is 2.54. The van der Waals surface area contributed by atoms with Crippen molar-refractivity contribution >= 4 is 5.97 Å². The van der Waals surface area contributed by atoms with Gasteiger partial charge in [0.15, 0.2) is 0 Å². The molecule has 18 heavy (non-hydrogen) atoms. The molecular formula is C13H20N2O3. The Morgan fingerprint density at radius 1 is 1.33 bits per heavy atom. The second-order valence-corrected chi connectivity index (χ2v) is 4.11. The fraction of sp³-hybridized carbons (Fsp3) is 0.462. The fourth-order valence-electron chi connectivity index (χ4n) is 1.47. The van der Waals surface area contributed by atoms with Gasteiger partial charge in [0, 0.05) is 6.54 Å². The number of carboxylic acid groups (broad SMARTS) is 1. The van der Waals surface area contributed by atoms with Crippen LogP contribution in [0.1, 0.15) is 24.8 Å². The van der Waals surface area contributed by atoms with Gasteiger partial charge in [-0.1, -0.05) is 30.3 Å². The van der Waals surface area contributed by atoms with Crippen LogP contribution >= 0.6 is 0 Å². The molecule has 0 aliphatic rings. The first-order valence-electron chi connectivity index (χ1n) is 6.07. The molecule has 0 aliphatic heterocycles. The fourth-order valence-corrected chi connectivity index (χ4v) is 1.47. The number of hydrogen-bond acceptors (Lipinski definition) is 4. The number of rotatable bonds is 9. The van der Waals surface area contributed by atoms with Gasteiger partial charge in [-0.3, -0.25) is 9.63 Å². The van der Waals surface area contributed by atoms with Crippen LogP contribution < -0.4 is 11.2 Å². The summed E-state index contributed by atoms with van der Waals surface area (Å²) in [6.45, 7) is 1.22. The van der Waals surface area contributed by atoms with Gasteiger partial charge in [-0.15, -0.1) is 0 Å². The summed E-state index contributed by atoms with van der Waals surface area (Å²) in [4.78, 5) is 15.7. The van der Waals surface area contributed by atoms with Gasteiger partial charge >= 0.3 is 5.97 Å². The van der Waals surface area contributed by atoms with Gasteiger partial charge in [-0.05, 0) is 24.8 Å². The number of hydroxylamine groups is 1. The lowest BCUT2D eigenvalue weighted by molar-refractivity contribution is -0.138. The van der Waals surface area contributed by atoms with E-state index in [4.69, 9.17) is 15.7 Å². The zero-order chi connectivity index (χ0) is 13.2. The quantitative estimate of drug-likeness (QED) is 0.455. The van der Waals surface area contributed by atoms with E-state index in [2.05, 4.69) is 5.48 Å². The summed E-state index contributed by atoms with van der Waals surface area (Å²) in [6.07, 6.45) is 2.11. The van der Waals surface area contributed by atoms with Crippen molar-refractivity contribution < 1.29 is 14.7 Å². The van der Waals surface area contributed by atoms with Crippen LogP contribution in [0.15, 0.2) is 30.3 Å². The SMILES string of the molecule is N[C@@H](CCCCNOCc1ccccc1)C(=O)O. The first kappa shape index (κ1) is 14.6. The highest BCUT2D eigenvalue weighted by molar-refractivity contribution is 5.72. The molecule has 0 radical (unpaired) electrons. The molecule has 0 saturated heterocycles. The molecule has 4 N–H and O–H groups in total. The third kappa shape index (κ3) is 6.34. The zero-order valence-corrected chi connectivity index (χ0v) is 10.3. The minimum absolute atomic E-state index is 0.496. The van der Waals surface area contributed by atoms with E-state index in [1.54, 1.807) is 0 Å². The van der Waals surface area contributed by atoms with E-state index in [1.165, 1.54) is 0 Å². The average Bonchev–Trinajstić information content (AvgIpc) is 2.38. The largest absolute Gasteiger partial charge is 0.480 e. The van der Waals surface area contributed by atoms with Gasteiger partial charge in [0.2, 0.25) is 0 Å². The summed E-state index contributed by atoms with van der Waals surface area (Å²) in [5.74, 6) is -0.941. The van der Waals surface area contributed by atoms with E-state index >= 15 is 0 Å². The van der Waals surface area contributed by atoms with Crippen molar-refractivity contribution in [2.45, 2.75) is 31.9 Å². The first-order chi connectivity index (χ1) is 8.70. The lowest BCUT2D eigenvalue weighted by Crippen LogP contribution is -2.30. The molecule has 0 aliphatic carbocycles. The van der Waals surface area contributed by atoms with Crippen molar-refractivity contribution in [2.75, 3.05) is 6.54 Å². The number of hydrogen-bond donors (Lipinski definition) is 3. The van der Waals surface area contributed by atoms with Gasteiger partial charge in [-0.25, -0.2) is 5.48 Å². The van der Waals surface area contributed by atoms with Gasteiger partial charge in [0.25, 0.3) is 0 Å². The summed E-state index contributed by atoms with van der Waals surface area (Å²) in [5.41, 5.74) is 9.34. The number of unbranched alkanes of at least 4 members (excludes halogenated alkanes) is 1. The highest BCUT2D eigenvalue weighted by atomic mass is 16.6. The molecule has 0 bridgehead atoms. The third-order valence-electron chi connectivity index (χ3n) is 2.54. The van der Waals surface area contributed by atoms with Crippen LogP contribution in [0.2, 0.25) is 0 Å². The summed E-state index contributed by atoms with van der Waals surface area (Å²) in [6, 6.07) is 9.12. The predicted molar refractivity (Wildman–Crippen MR) is 68.7 cm³/mol. The Morgan fingerprint density at radius 2 is 2.06 bits per heavy atom. The summed E-state index contributed by atoms with van der Waals surface area (Å²) >= 11 is 0. The molecule has 5 nitrogen and oxygen atoms in total. The van der Waals surface area contributed by atoms with Gasteiger partial charge in [0.05, 0.1) is 6.61 Å². The molecule has 0 heterocycles. The van der Waals surface area contributed by atoms with Crippen molar-refractivity contribution in [1.82, 2.24) is 5.48 Å². The molecule has 0 fully saturated rings. The number of nitrogens with two attached hydrogens (primary N) is 1. The second-order valence-electron chi connectivity index (χ2n) is 4.11. The Labute approximate surface area is 107 Å². The standard InChI is InChI=1S/C13H20N2O3/c14-12(13(16)17)8-4-5-9-15-18-10-11-6-2-1-3-7-11/h1-3,6-7,12,15H,4-5,8-10,14H2,(H,16,17)/t12-/m0/s1. The monoisotopic (exact) mass is 252 g/mol. The Hall–Kier alpha value is -1.43. The zero-order valence-electron chi connectivity index (χ0n) is 10.3. The molecule has 0 amide bonds. The molecule has 0 aromatic heterocycles. The summed E-state index contributed by atoms with van der Waals surface area (Å²) in [7, 11) is 0. The van der Waals surface area contributed by atoms with Crippen molar-refractivity contribution in [3.05, 3.63) is 35.9 Å². The van der Waals surface area contributed by atoms with Crippen LogP contribution in [0.3, 0.4) is 0 Å². The number of benzene rings is 1. The minimum Gasteiger partial charge on any atom is -0.480 e. The maximum absolute atomic E-state index is 10.5. The van der Waals surface area contributed by atoms with Crippen LogP contribution in [0.5, 0.6) is 0 Å². The van der Waals surface area contributed by atoms with Crippen molar-refractivity contribution in [3.8, 4) is 0 Å². The molecule has 0 saturated carbocycles. The topological polar surface area (TPSA) is 84.6 Å². The van der Waals surface area contributed by atoms with Gasteiger partial charge < -0.3 is 10.8 Å². The smallest absolute Gasteiger partial charge is 0.320 e. The van der Waals surface area contributed by atoms with Crippen LogP contribution in [0.4, 0.5) is 0 Å². The Bertz CT molecular complexity index is 343. The Kier molecular flexibility index (Phi) is 7.01. The lowest BCUT2D eigenvalue weighted by Gasteiger charge is -2.07. The molecule has 5 heteroatoms. The summed E-state index contributed by atoms with van der Waals surface area (Å²) in [5, 5.41) is 8.58. The van der Waals surface area contributed by atoms with E-state index in [1.807, 2.05) is 30.3 Å². The molecule has 1 atom stereocenters. The van der Waals surface area contributed by atoms with E-state index in [-0.39, 0.29) is 0 Å². The average molecular weight is 252 g/mol. The molecule has 1 rings (SSSR count). The normalized spacial score (nSPS) is 12.3. The molecule has 1 aromatic carbocycles. The second kappa shape index (κ2) is 8.63. The minimum atomic E-state index is -0.941. The van der Waals surface area contributed by atoms with E-state index < -0.39 is 12.0 Å². The van der Waals surface area contributed by atoms with Gasteiger partial charge in [0.1, 0.15) is 6.04 Å².